The highest BCUT2D eigenvalue weighted by Gasteiger charge is 2.14. The van der Waals surface area contributed by atoms with Crippen LogP contribution in [0.1, 0.15) is 16.7 Å². The summed E-state index contributed by atoms with van der Waals surface area (Å²) in [4.78, 5) is 12.2. The lowest BCUT2D eigenvalue weighted by Gasteiger charge is -2.20. The molecule has 0 radical (unpaired) electrons. The van der Waals surface area contributed by atoms with Crippen molar-refractivity contribution in [2.24, 2.45) is 7.05 Å². The molecule has 3 aromatic rings. The minimum atomic E-state index is -0.0887. The molecule has 0 amide bonds. The predicted molar refractivity (Wildman–Crippen MR) is 91.7 cm³/mol. The molecule has 0 saturated carbocycles. The van der Waals surface area contributed by atoms with Crippen molar-refractivity contribution < 1.29 is 0 Å². The molecule has 1 N–H and O–H groups in total. The minimum absolute atomic E-state index is 0.0887. The number of fused-ring (bicyclic) bond motifs is 1. The van der Waals surface area contributed by atoms with E-state index in [2.05, 4.69) is 33.7 Å². The monoisotopic (exact) mass is 321 g/mol. The van der Waals surface area contributed by atoms with Gasteiger partial charge in [0.1, 0.15) is 0 Å². The molecular formula is C18H19N5O. The van der Waals surface area contributed by atoms with Gasteiger partial charge in [0.15, 0.2) is 0 Å². The number of aryl methyl sites for hydroxylation is 1. The Morgan fingerprint density at radius 1 is 1.25 bits per heavy atom. The van der Waals surface area contributed by atoms with Crippen molar-refractivity contribution >= 4 is 0 Å². The Balaban J connectivity index is 1.71. The molecular weight excluding hydrogens is 302 g/mol. The quantitative estimate of drug-likeness (QED) is 0.791. The number of nitrogens with one attached hydrogen (secondary N) is 1. The Kier molecular flexibility index (Phi) is 3.74. The number of nitrogens with zero attached hydrogens (tertiary/aromatic N) is 4. The molecule has 0 unspecified atom stereocenters. The summed E-state index contributed by atoms with van der Waals surface area (Å²) < 4.78 is 3.27. The van der Waals surface area contributed by atoms with Gasteiger partial charge in [-0.05, 0) is 35.7 Å². The van der Waals surface area contributed by atoms with Crippen molar-refractivity contribution in [3.63, 3.8) is 0 Å². The molecule has 0 spiro atoms. The van der Waals surface area contributed by atoms with Crippen molar-refractivity contribution in [1.82, 2.24) is 24.9 Å². The molecule has 6 nitrogen and oxygen atoms in total. The number of hydrogen-bond donors (Lipinski definition) is 1. The third-order valence-corrected chi connectivity index (χ3v) is 4.42. The summed E-state index contributed by atoms with van der Waals surface area (Å²) in [5, 5.41) is 12.1. The predicted octanol–water partition coefficient (Wildman–Crippen LogP) is 1.34. The Bertz CT molecular complexity index is 941. The highest BCUT2D eigenvalue weighted by atomic mass is 16.1. The molecule has 0 atom stereocenters. The Morgan fingerprint density at radius 3 is 3.00 bits per heavy atom. The topological polar surface area (TPSA) is 64.7 Å². The van der Waals surface area contributed by atoms with Crippen molar-refractivity contribution in [2.75, 3.05) is 6.54 Å². The van der Waals surface area contributed by atoms with Gasteiger partial charge < -0.3 is 5.32 Å². The summed E-state index contributed by atoms with van der Waals surface area (Å²) in [5.74, 6) is 0. The van der Waals surface area contributed by atoms with Crippen LogP contribution < -0.4 is 10.9 Å². The summed E-state index contributed by atoms with van der Waals surface area (Å²) in [5.41, 5.74) is 5.41. The van der Waals surface area contributed by atoms with Crippen LogP contribution in [0.3, 0.4) is 0 Å². The number of rotatable bonds is 3. The zero-order chi connectivity index (χ0) is 16.5. The summed E-state index contributed by atoms with van der Waals surface area (Å²) in [6, 6.07) is 9.62. The van der Waals surface area contributed by atoms with E-state index < -0.39 is 0 Å². The molecule has 0 saturated heterocycles. The van der Waals surface area contributed by atoms with Crippen LogP contribution in [-0.2, 0) is 26.6 Å². The Hall–Kier alpha value is -2.73. The van der Waals surface area contributed by atoms with Gasteiger partial charge in [-0.1, -0.05) is 18.2 Å². The fraction of sp³-hybridized carbons (Fsp3) is 0.278. The van der Waals surface area contributed by atoms with Gasteiger partial charge in [0.2, 0.25) is 0 Å². The van der Waals surface area contributed by atoms with Crippen molar-refractivity contribution in [1.29, 1.82) is 0 Å². The minimum Gasteiger partial charge on any atom is -0.312 e. The second kappa shape index (κ2) is 6.05. The second-order valence-electron chi connectivity index (χ2n) is 6.10. The van der Waals surface area contributed by atoms with E-state index in [-0.39, 0.29) is 5.56 Å². The number of aromatic nitrogens is 4. The molecule has 1 aromatic carbocycles. The van der Waals surface area contributed by atoms with E-state index in [0.717, 1.165) is 30.8 Å². The van der Waals surface area contributed by atoms with Crippen LogP contribution in [0.15, 0.2) is 47.5 Å². The zero-order valence-corrected chi connectivity index (χ0v) is 13.6. The molecule has 0 bridgehead atoms. The third kappa shape index (κ3) is 2.76. The zero-order valence-electron chi connectivity index (χ0n) is 13.6. The van der Waals surface area contributed by atoms with Crippen LogP contribution in [0.2, 0.25) is 0 Å². The van der Waals surface area contributed by atoms with E-state index in [4.69, 9.17) is 0 Å². The molecule has 1 aliphatic rings. The van der Waals surface area contributed by atoms with Crippen LogP contribution in [-0.4, -0.2) is 26.1 Å². The van der Waals surface area contributed by atoms with Crippen molar-refractivity contribution in [3.8, 4) is 11.3 Å². The molecule has 4 rings (SSSR count). The van der Waals surface area contributed by atoms with Gasteiger partial charge >= 0.3 is 0 Å². The first kappa shape index (κ1) is 14.8. The van der Waals surface area contributed by atoms with Crippen LogP contribution in [0.25, 0.3) is 11.3 Å². The standard InChI is InChI=1S/C18H19N5O/c1-22-11-15(10-20-22)17-5-6-18(24)23(21-17)12-14-4-2-3-13-9-19-8-7-16(13)14/h2-6,10-11,19H,7-9,12H2,1H3. The Labute approximate surface area is 139 Å². The number of benzene rings is 1. The van der Waals surface area contributed by atoms with Crippen LogP contribution >= 0.6 is 0 Å². The van der Waals surface area contributed by atoms with Gasteiger partial charge in [0, 0.05) is 31.4 Å². The van der Waals surface area contributed by atoms with Gasteiger partial charge in [0.05, 0.1) is 18.4 Å². The summed E-state index contributed by atoms with van der Waals surface area (Å²) >= 11 is 0. The lowest BCUT2D eigenvalue weighted by Crippen LogP contribution is -2.27. The fourth-order valence-corrected chi connectivity index (χ4v) is 3.19. The van der Waals surface area contributed by atoms with E-state index in [9.17, 15) is 4.79 Å². The molecule has 6 heteroatoms. The lowest BCUT2D eigenvalue weighted by molar-refractivity contribution is 0.610. The van der Waals surface area contributed by atoms with E-state index in [0.29, 0.717) is 6.54 Å². The molecule has 2 aromatic heterocycles. The first-order valence-corrected chi connectivity index (χ1v) is 8.08. The maximum atomic E-state index is 12.2. The fourth-order valence-electron chi connectivity index (χ4n) is 3.19. The summed E-state index contributed by atoms with van der Waals surface area (Å²) in [6.45, 7) is 2.36. The van der Waals surface area contributed by atoms with Gasteiger partial charge in [0.25, 0.3) is 5.56 Å². The van der Waals surface area contributed by atoms with E-state index in [1.54, 1.807) is 27.7 Å². The number of hydrogen-bond acceptors (Lipinski definition) is 4. The second-order valence-corrected chi connectivity index (χ2v) is 6.10. The molecule has 0 fully saturated rings. The van der Waals surface area contributed by atoms with Gasteiger partial charge in [-0.25, -0.2) is 4.68 Å². The SMILES string of the molecule is Cn1cc(-c2ccc(=O)n(Cc3cccc4c3CCNC4)n2)cn1. The molecule has 0 aliphatic carbocycles. The highest BCUT2D eigenvalue weighted by molar-refractivity contribution is 5.55. The van der Waals surface area contributed by atoms with Gasteiger partial charge in [-0.15, -0.1) is 0 Å². The molecule has 122 valence electrons. The van der Waals surface area contributed by atoms with Crippen molar-refractivity contribution in [3.05, 3.63) is 69.8 Å². The maximum Gasteiger partial charge on any atom is 0.267 e. The van der Waals surface area contributed by atoms with E-state index in [1.165, 1.54) is 16.7 Å². The van der Waals surface area contributed by atoms with E-state index in [1.807, 2.05) is 13.2 Å². The largest absolute Gasteiger partial charge is 0.312 e. The summed E-state index contributed by atoms with van der Waals surface area (Å²) in [7, 11) is 1.86. The smallest absolute Gasteiger partial charge is 0.267 e. The first-order valence-electron chi connectivity index (χ1n) is 8.08. The van der Waals surface area contributed by atoms with Crippen LogP contribution in [0, 0.1) is 0 Å². The molecule has 3 heterocycles. The molecule has 1 aliphatic heterocycles. The Morgan fingerprint density at radius 2 is 2.17 bits per heavy atom. The van der Waals surface area contributed by atoms with Crippen LogP contribution in [0.4, 0.5) is 0 Å². The highest BCUT2D eigenvalue weighted by Crippen LogP contribution is 2.19. The van der Waals surface area contributed by atoms with Gasteiger partial charge in [-0.3, -0.25) is 9.48 Å². The van der Waals surface area contributed by atoms with Crippen molar-refractivity contribution in [2.45, 2.75) is 19.5 Å². The lowest BCUT2D eigenvalue weighted by atomic mass is 9.95. The van der Waals surface area contributed by atoms with Crippen LogP contribution in [0.5, 0.6) is 0 Å². The maximum absolute atomic E-state index is 12.2. The molecule has 24 heavy (non-hydrogen) atoms. The normalized spacial score (nSPS) is 13.7. The first-order chi connectivity index (χ1) is 11.7. The average molecular weight is 321 g/mol. The average Bonchev–Trinajstić information content (AvgIpc) is 3.04. The third-order valence-electron chi connectivity index (χ3n) is 4.42. The summed E-state index contributed by atoms with van der Waals surface area (Å²) in [6.07, 6.45) is 4.64. The van der Waals surface area contributed by atoms with Gasteiger partial charge in [-0.2, -0.15) is 10.2 Å². The van der Waals surface area contributed by atoms with E-state index >= 15 is 0 Å².